The van der Waals surface area contributed by atoms with Crippen molar-refractivity contribution in [2.75, 3.05) is 6.54 Å². The van der Waals surface area contributed by atoms with Crippen LogP contribution < -0.4 is 5.32 Å². The summed E-state index contributed by atoms with van der Waals surface area (Å²) in [7, 11) is 0. The quantitative estimate of drug-likeness (QED) is 0.779. The fourth-order valence-electron chi connectivity index (χ4n) is 3.10. The molecular formula is C19H26N2O3. The number of nitrogens with zero attached hydrogens (tertiary/aromatic N) is 1. The Hall–Kier alpha value is -2.17. The second-order valence-corrected chi connectivity index (χ2v) is 6.69. The number of aldehydes is 1. The van der Waals surface area contributed by atoms with E-state index in [1.54, 1.807) is 4.90 Å². The van der Waals surface area contributed by atoms with Gasteiger partial charge in [0.15, 0.2) is 0 Å². The van der Waals surface area contributed by atoms with Crippen LogP contribution in [0.15, 0.2) is 30.3 Å². The third kappa shape index (κ3) is 4.66. The summed E-state index contributed by atoms with van der Waals surface area (Å²) in [6, 6.07) is 9.37. The highest BCUT2D eigenvalue weighted by molar-refractivity contribution is 5.87. The van der Waals surface area contributed by atoms with Crippen LogP contribution in [0.2, 0.25) is 0 Å². The summed E-state index contributed by atoms with van der Waals surface area (Å²) < 4.78 is 0. The Kier molecular flexibility index (Phi) is 6.53. The van der Waals surface area contributed by atoms with Crippen molar-refractivity contribution in [1.82, 2.24) is 10.2 Å². The molecule has 1 saturated heterocycles. The lowest BCUT2D eigenvalue weighted by atomic mass is 9.91. The zero-order valence-electron chi connectivity index (χ0n) is 14.4. The van der Waals surface area contributed by atoms with E-state index >= 15 is 0 Å². The van der Waals surface area contributed by atoms with Crippen molar-refractivity contribution in [3.05, 3.63) is 35.9 Å². The number of likely N-dealkylation sites (tertiary alicyclic amines) is 1. The van der Waals surface area contributed by atoms with E-state index < -0.39 is 0 Å². The summed E-state index contributed by atoms with van der Waals surface area (Å²) in [5.74, 6) is -0.529. The van der Waals surface area contributed by atoms with Crippen LogP contribution in [-0.4, -0.2) is 35.6 Å². The van der Waals surface area contributed by atoms with E-state index in [2.05, 4.69) is 5.32 Å². The van der Waals surface area contributed by atoms with E-state index in [4.69, 9.17) is 0 Å². The Labute approximate surface area is 143 Å². The van der Waals surface area contributed by atoms with Gasteiger partial charge < -0.3 is 15.0 Å². The van der Waals surface area contributed by atoms with E-state index in [1.807, 2.05) is 44.2 Å². The zero-order valence-corrected chi connectivity index (χ0v) is 14.4. The highest BCUT2D eigenvalue weighted by atomic mass is 16.2. The van der Waals surface area contributed by atoms with Crippen LogP contribution in [0.25, 0.3) is 0 Å². The molecular weight excluding hydrogens is 304 g/mol. The second kappa shape index (κ2) is 8.62. The van der Waals surface area contributed by atoms with Crippen molar-refractivity contribution in [3.8, 4) is 0 Å². The van der Waals surface area contributed by atoms with E-state index in [0.29, 0.717) is 13.1 Å². The molecule has 2 rings (SSSR count). The van der Waals surface area contributed by atoms with Crippen LogP contribution in [-0.2, 0) is 20.9 Å². The number of hydrogen-bond acceptors (Lipinski definition) is 3. The molecule has 5 nitrogen and oxygen atoms in total. The maximum Gasteiger partial charge on any atom is 0.224 e. The van der Waals surface area contributed by atoms with E-state index in [-0.39, 0.29) is 36.1 Å². The van der Waals surface area contributed by atoms with E-state index in [9.17, 15) is 14.4 Å². The molecule has 1 aromatic rings. The van der Waals surface area contributed by atoms with Gasteiger partial charge in [0.1, 0.15) is 6.29 Å². The first-order valence-corrected chi connectivity index (χ1v) is 8.59. The second-order valence-electron chi connectivity index (χ2n) is 6.69. The lowest BCUT2D eigenvalue weighted by molar-refractivity contribution is -0.139. The third-order valence-electron chi connectivity index (χ3n) is 4.62. The first-order chi connectivity index (χ1) is 11.5. The van der Waals surface area contributed by atoms with Crippen molar-refractivity contribution >= 4 is 18.1 Å². The highest BCUT2D eigenvalue weighted by Crippen LogP contribution is 2.22. The molecule has 1 heterocycles. The minimum absolute atomic E-state index is 0.0574. The predicted molar refractivity (Wildman–Crippen MR) is 92.0 cm³/mol. The number of hydrogen-bond donors (Lipinski definition) is 1. The SMILES string of the molecule is CC(C)C(CC(=O)N1CCC[C@H]1C=O)C(=O)NCc1ccccc1. The van der Waals surface area contributed by atoms with Crippen molar-refractivity contribution < 1.29 is 14.4 Å². The Morgan fingerprint density at radius 3 is 2.62 bits per heavy atom. The molecule has 2 atom stereocenters. The first-order valence-electron chi connectivity index (χ1n) is 8.59. The van der Waals surface area contributed by atoms with E-state index in [0.717, 1.165) is 24.7 Å². The molecule has 2 amide bonds. The van der Waals surface area contributed by atoms with Crippen molar-refractivity contribution in [3.63, 3.8) is 0 Å². The molecule has 1 N–H and O–H groups in total. The largest absolute Gasteiger partial charge is 0.352 e. The molecule has 0 saturated carbocycles. The average Bonchev–Trinajstić information content (AvgIpc) is 3.06. The van der Waals surface area contributed by atoms with Crippen molar-refractivity contribution in [2.24, 2.45) is 11.8 Å². The predicted octanol–water partition coefficient (Wildman–Crippen LogP) is 2.15. The molecule has 1 unspecified atom stereocenters. The first kappa shape index (κ1) is 18.2. The van der Waals surface area contributed by atoms with Gasteiger partial charge in [0.25, 0.3) is 0 Å². The van der Waals surface area contributed by atoms with Crippen LogP contribution in [0.1, 0.15) is 38.7 Å². The molecule has 0 spiro atoms. The maximum atomic E-state index is 12.5. The molecule has 130 valence electrons. The van der Waals surface area contributed by atoms with Gasteiger partial charge in [-0.15, -0.1) is 0 Å². The smallest absolute Gasteiger partial charge is 0.224 e. The molecule has 1 aliphatic rings. The fraction of sp³-hybridized carbons (Fsp3) is 0.526. The van der Waals surface area contributed by atoms with Crippen LogP contribution in [0, 0.1) is 11.8 Å². The Bertz CT molecular complexity index is 571. The van der Waals surface area contributed by atoms with Gasteiger partial charge in [-0.1, -0.05) is 44.2 Å². The number of carbonyl (C=O) groups excluding carboxylic acids is 3. The molecule has 5 heteroatoms. The van der Waals surface area contributed by atoms with Crippen LogP contribution in [0.5, 0.6) is 0 Å². The molecule has 1 aromatic carbocycles. The van der Waals surface area contributed by atoms with Gasteiger partial charge in [-0.25, -0.2) is 0 Å². The van der Waals surface area contributed by atoms with Gasteiger partial charge in [0.2, 0.25) is 11.8 Å². The Morgan fingerprint density at radius 2 is 2.00 bits per heavy atom. The molecule has 0 bridgehead atoms. The number of amides is 2. The lowest BCUT2D eigenvalue weighted by Gasteiger charge is -2.25. The Morgan fingerprint density at radius 1 is 1.29 bits per heavy atom. The number of carbonyl (C=O) groups is 3. The number of benzene rings is 1. The van der Waals surface area contributed by atoms with Crippen molar-refractivity contribution in [1.29, 1.82) is 0 Å². The zero-order chi connectivity index (χ0) is 17.5. The van der Waals surface area contributed by atoms with Crippen LogP contribution in [0.3, 0.4) is 0 Å². The maximum absolute atomic E-state index is 12.5. The topological polar surface area (TPSA) is 66.5 Å². The van der Waals surface area contributed by atoms with Gasteiger partial charge >= 0.3 is 0 Å². The monoisotopic (exact) mass is 330 g/mol. The normalized spacial score (nSPS) is 18.5. The average molecular weight is 330 g/mol. The molecule has 0 radical (unpaired) electrons. The Balaban J connectivity index is 1.94. The van der Waals surface area contributed by atoms with Gasteiger partial charge in [0.05, 0.1) is 6.04 Å². The molecule has 24 heavy (non-hydrogen) atoms. The van der Waals surface area contributed by atoms with Crippen molar-refractivity contribution in [2.45, 2.75) is 45.7 Å². The molecule has 0 aliphatic carbocycles. The number of rotatable bonds is 7. The minimum Gasteiger partial charge on any atom is -0.352 e. The van der Waals surface area contributed by atoms with Crippen LogP contribution >= 0.6 is 0 Å². The molecule has 1 fully saturated rings. The third-order valence-corrected chi connectivity index (χ3v) is 4.62. The summed E-state index contributed by atoms with van der Waals surface area (Å²) in [5.41, 5.74) is 1.03. The summed E-state index contributed by atoms with van der Waals surface area (Å²) in [5, 5.41) is 2.92. The minimum atomic E-state index is -0.380. The van der Waals surface area contributed by atoms with Crippen LogP contribution in [0.4, 0.5) is 0 Å². The summed E-state index contributed by atoms with van der Waals surface area (Å²) >= 11 is 0. The summed E-state index contributed by atoms with van der Waals surface area (Å²) in [6.45, 7) is 4.96. The summed E-state index contributed by atoms with van der Waals surface area (Å²) in [4.78, 5) is 37.7. The molecule has 0 aromatic heterocycles. The fourth-order valence-corrected chi connectivity index (χ4v) is 3.10. The number of nitrogens with one attached hydrogen (secondary N) is 1. The van der Waals surface area contributed by atoms with Gasteiger partial charge in [0, 0.05) is 25.4 Å². The van der Waals surface area contributed by atoms with E-state index in [1.165, 1.54) is 0 Å². The van der Waals surface area contributed by atoms with Gasteiger partial charge in [-0.2, -0.15) is 0 Å². The highest BCUT2D eigenvalue weighted by Gasteiger charge is 2.32. The lowest BCUT2D eigenvalue weighted by Crippen LogP contribution is -2.41. The van der Waals surface area contributed by atoms with Gasteiger partial charge in [-0.05, 0) is 24.3 Å². The molecule has 1 aliphatic heterocycles. The van der Waals surface area contributed by atoms with Gasteiger partial charge in [-0.3, -0.25) is 9.59 Å². The summed E-state index contributed by atoms with van der Waals surface area (Å²) in [6.07, 6.45) is 2.57. The standard InChI is InChI=1S/C19H26N2O3/c1-14(2)17(11-18(23)21-10-6-9-16(21)13-22)19(24)20-12-15-7-4-3-5-8-15/h3-5,7-8,13-14,16-17H,6,9-12H2,1-2H3,(H,20,24)/t16-,17?/m0/s1.